The smallest absolute Gasteiger partial charge is 0.122 e. The Morgan fingerprint density at radius 3 is 2.30 bits per heavy atom. The third-order valence-electron chi connectivity index (χ3n) is 3.45. The van der Waals surface area contributed by atoms with Crippen LogP contribution in [0.1, 0.15) is 36.1 Å². The maximum atomic E-state index is 10.3. The molecule has 1 nitrogen and oxygen atoms in total. The normalized spacial score (nSPS) is 10.5. The van der Waals surface area contributed by atoms with E-state index < -0.39 is 0 Å². The van der Waals surface area contributed by atoms with E-state index in [4.69, 9.17) is 0 Å². The molecular formula is C19H22O. The summed E-state index contributed by atoms with van der Waals surface area (Å²) in [6.07, 6.45) is 2.48. The van der Waals surface area contributed by atoms with Crippen molar-refractivity contribution >= 4 is 0 Å². The number of hydrogen-bond acceptors (Lipinski definition) is 1. The van der Waals surface area contributed by atoms with E-state index in [1.165, 1.54) is 11.1 Å². The lowest BCUT2D eigenvalue weighted by Crippen LogP contribution is -1.96. The number of aryl methyl sites for hydroxylation is 1. The lowest BCUT2D eigenvalue weighted by Gasteiger charge is -2.12. The van der Waals surface area contributed by atoms with Crippen LogP contribution in [0.25, 0.3) is 0 Å². The van der Waals surface area contributed by atoms with Gasteiger partial charge in [-0.05, 0) is 48.4 Å². The van der Waals surface area contributed by atoms with E-state index >= 15 is 0 Å². The van der Waals surface area contributed by atoms with Crippen LogP contribution >= 0.6 is 0 Å². The molecule has 0 radical (unpaired) electrons. The molecule has 0 saturated heterocycles. The molecule has 2 aromatic rings. The van der Waals surface area contributed by atoms with Gasteiger partial charge < -0.3 is 5.11 Å². The molecule has 2 aromatic carbocycles. The van der Waals surface area contributed by atoms with Crippen LogP contribution in [0.15, 0.2) is 54.6 Å². The first-order valence-corrected chi connectivity index (χ1v) is 7.12. The van der Waals surface area contributed by atoms with Crippen molar-refractivity contribution in [1.82, 2.24) is 0 Å². The van der Waals surface area contributed by atoms with Gasteiger partial charge in [-0.3, -0.25) is 0 Å². The first-order valence-electron chi connectivity index (χ1n) is 7.12. The molecule has 0 atom stereocenters. The minimum absolute atomic E-state index is 0.437. The molecule has 1 heteroatoms. The van der Waals surface area contributed by atoms with Crippen LogP contribution in [0.2, 0.25) is 0 Å². The van der Waals surface area contributed by atoms with E-state index in [1.807, 2.05) is 13.0 Å². The molecule has 0 amide bonds. The van der Waals surface area contributed by atoms with Crippen molar-refractivity contribution < 1.29 is 5.11 Å². The average molecular weight is 266 g/mol. The molecule has 0 spiro atoms. The monoisotopic (exact) mass is 266 g/mol. The third-order valence-corrected chi connectivity index (χ3v) is 3.45. The largest absolute Gasteiger partial charge is 0.507 e. The lowest BCUT2D eigenvalue weighted by molar-refractivity contribution is 0.462. The molecule has 0 aliphatic rings. The van der Waals surface area contributed by atoms with Crippen molar-refractivity contribution in [3.63, 3.8) is 0 Å². The van der Waals surface area contributed by atoms with Crippen LogP contribution in [-0.4, -0.2) is 5.11 Å². The molecule has 1 N–H and O–H groups in total. The van der Waals surface area contributed by atoms with Crippen LogP contribution in [0.3, 0.4) is 0 Å². The summed E-state index contributed by atoms with van der Waals surface area (Å²) < 4.78 is 0. The molecule has 0 unspecified atom stereocenters. The van der Waals surface area contributed by atoms with Gasteiger partial charge >= 0.3 is 0 Å². The van der Waals surface area contributed by atoms with Gasteiger partial charge in [0.15, 0.2) is 0 Å². The highest BCUT2D eigenvalue weighted by molar-refractivity contribution is 5.46. The Balaban J connectivity index is 2.35. The predicted molar refractivity (Wildman–Crippen MR) is 85.3 cm³/mol. The Morgan fingerprint density at radius 1 is 1.05 bits per heavy atom. The second kappa shape index (κ2) is 6.42. The molecule has 0 aliphatic carbocycles. The number of benzene rings is 2. The van der Waals surface area contributed by atoms with Crippen molar-refractivity contribution in [3.8, 4) is 5.75 Å². The summed E-state index contributed by atoms with van der Waals surface area (Å²) in [7, 11) is 0. The Labute approximate surface area is 121 Å². The number of allylic oxidation sites excluding steroid dienone is 1. The highest BCUT2D eigenvalue weighted by Crippen LogP contribution is 2.28. The summed E-state index contributed by atoms with van der Waals surface area (Å²) in [4.78, 5) is 0. The maximum absolute atomic E-state index is 10.3. The molecule has 0 fully saturated rings. The third kappa shape index (κ3) is 3.51. The zero-order valence-corrected chi connectivity index (χ0v) is 12.3. The Kier molecular flexibility index (Phi) is 4.62. The van der Waals surface area contributed by atoms with Crippen LogP contribution in [-0.2, 0) is 19.3 Å². The molecule has 0 aliphatic heterocycles. The topological polar surface area (TPSA) is 20.2 Å². The summed E-state index contributed by atoms with van der Waals surface area (Å²) in [5.74, 6) is 0.437. The SMILES string of the molecule is C=C(C)Cc1cc(Cc2ccccc2)cc(CC)c1O. The number of phenols is 1. The number of aromatic hydroxyl groups is 1. The quantitative estimate of drug-likeness (QED) is 0.780. The maximum Gasteiger partial charge on any atom is 0.122 e. The lowest BCUT2D eigenvalue weighted by atomic mass is 9.95. The molecule has 0 aromatic heterocycles. The molecule has 20 heavy (non-hydrogen) atoms. The Bertz CT molecular complexity index is 597. The molecule has 0 bridgehead atoms. The van der Waals surface area contributed by atoms with Crippen molar-refractivity contribution in [3.05, 3.63) is 76.9 Å². The van der Waals surface area contributed by atoms with Crippen molar-refractivity contribution in [2.75, 3.05) is 0 Å². The summed E-state index contributed by atoms with van der Waals surface area (Å²) in [5, 5.41) is 10.3. The minimum Gasteiger partial charge on any atom is -0.507 e. The van der Waals surface area contributed by atoms with Gasteiger partial charge in [0.1, 0.15) is 5.75 Å². The number of phenolic OH excluding ortho intramolecular Hbond substituents is 1. The summed E-state index contributed by atoms with van der Waals surface area (Å²) >= 11 is 0. The van der Waals surface area contributed by atoms with Gasteiger partial charge in [-0.15, -0.1) is 0 Å². The van der Waals surface area contributed by atoms with Gasteiger partial charge in [-0.25, -0.2) is 0 Å². The van der Waals surface area contributed by atoms with E-state index in [-0.39, 0.29) is 0 Å². The van der Waals surface area contributed by atoms with E-state index in [2.05, 4.69) is 49.9 Å². The Morgan fingerprint density at radius 2 is 1.70 bits per heavy atom. The fourth-order valence-electron chi connectivity index (χ4n) is 2.50. The van der Waals surface area contributed by atoms with Crippen molar-refractivity contribution in [1.29, 1.82) is 0 Å². The fourth-order valence-corrected chi connectivity index (χ4v) is 2.50. The van der Waals surface area contributed by atoms with E-state index in [0.717, 1.165) is 36.0 Å². The number of rotatable bonds is 5. The van der Waals surface area contributed by atoms with Crippen molar-refractivity contribution in [2.24, 2.45) is 0 Å². The van der Waals surface area contributed by atoms with Gasteiger partial charge in [-0.2, -0.15) is 0 Å². The van der Waals surface area contributed by atoms with E-state index in [0.29, 0.717) is 5.75 Å². The number of hydrogen-bond donors (Lipinski definition) is 1. The molecular weight excluding hydrogens is 244 g/mol. The minimum atomic E-state index is 0.437. The molecule has 2 rings (SSSR count). The second-order valence-corrected chi connectivity index (χ2v) is 5.41. The first-order chi connectivity index (χ1) is 9.60. The van der Waals surface area contributed by atoms with E-state index in [9.17, 15) is 5.11 Å². The van der Waals surface area contributed by atoms with Crippen molar-refractivity contribution in [2.45, 2.75) is 33.1 Å². The average Bonchev–Trinajstić information content (AvgIpc) is 2.43. The standard InChI is InChI=1S/C19H22O/c1-4-17-12-16(11-15-8-6-5-7-9-15)13-18(19(17)20)10-14(2)3/h5-9,12-13,20H,2,4,10-11H2,1,3H3. The highest BCUT2D eigenvalue weighted by Gasteiger charge is 2.09. The van der Waals surface area contributed by atoms with Crippen LogP contribution in [0.5, 0.6) is 5.75 Å². The van der Waals surface area contributed by atoms with Gasteiger partial charge in [0, 0.05) is 0 Å². The van der Waals surface area contributed by atoms with Gasteiger partial charge in [-0.1, -0.05) is 61.5 Å². The van der Waals surface area contributed by atoms with Crippen LogP contribution in [0, 0.1) is 0 Å². The first kappa shape index (κ1) is 14.4. The molecule has 0 saturated carbocycles. The zero-order valence-electron chi connectivity index (χ0n) is 12.3. The molecule has 0 heterocycles. The van der Waals surface area contributed by atoms with Gasteiger partial charge in [0.05, 0.1) is 0 Å². The second-order valence-electron chi connectivity index (χ2n) is 5.41. The summed E-state index contributed by atoms with van der Waals surface area (Å²) in [6.45, 7) is 8.02. The zero-order chi connectivity index (χ0) is 14.5. The summed E-state index contributed by atoms with van der Waals surface area (Å²) in [6, 6.07) is 14.6. The highest BCUT2D eigenvalue weighted by atomic mass is 16.3. The van der Waals surface area contributed by atoms with Gasteiger partial charge in [0.25, 0.3) is 0 Å². The van der Waals surface area contributed by atoms with Crippen LogP contribution < -0.4 is 0 Å². The van der Waals surface area contributed by atoms with Gasteiger partial charge in [0.2, 0.25) is 0 Å². The molecule has 104 valence electrons. The Hall–Kier alpha value is -2.02. The predicted octanol–water partition coefficient (Wildman–Crippen LogP) is 4.66. The summed E-state index contributed by atoms with van der Waals surface area (Å²) in [5.41, 5.74) is 5.63. The fraction of sp³-hybridized carbons (Fsp3) is 0.263. The van der Waals surface area contributed by atoms with Crippen LogP contribution in [0.4, 0.5) is 0 Å². The van der Waals surface area contributed by atoms with E-state index in [1.54, 1.807) is 0 Å².